The molecule has 4 aliphatic rings. The van der Waals surface area contributed by atoms with Crippen molar-refractivity contribution in [1.82, 2.24) is 0 Å². The lowest BCUT2D eigenvalue weighted by Crippen LogP contribution is -2.47. The van der Waals surface area contributed by atoms with Gasteiger partial charge < -0.3 is 5.11 Å². The van der Waals surface area contributed by atoms with Crippen molar-refractivity contribution in [2.24, 2.45) is 29.6 Å². The largest absolute Gasteiger partial charge is 0.387 e. The molecule has 19 heavy (non-hydrogen) atoms. The van der Waals surface area contributed by atoms with Crippen molar-refractivity contribution >= 4 is 11.3 Å². The molecule has 0 spiro atoms. The highest BCUT2D eigenvalue weighted by Crippen LogP contribution is 2.59. The Bertz CT molecular complexity index is 436. The molecule has 4 bridgehead atoms. The first-order valence-electron chi connectivity index (χ1n) is 8.01. The number of rotatable bonds is 3. The van der Waals surface area contributed by atoms with Crippen molar-refractivity contribution in [3.05, 3.63) is 21.9 Å². The maximum Gasteiger partial charge on any atom is 0.0915 e. The van der Waals surface area contributed by atoms with Crippen LogP contribution in [0.3, 0.4) is 0 Å². The lowest BCUT2D eigenvalue weighted by molar-refractivity contribution is -0.0898. The van der Waals surface area contributed by atoms with Gasteiger partial charge in [0.15, 0.2) is 0 Å². The van der Waals surface area contributed by atoms with Gasteiger partial charge in [-0.3, -0.25) is 0 Å². The molecule has 1 nitrogen and oxygen atoms in total. The minimum absolute atomic E-state index is 0.180. The summed E-state index contributed by atoms with van der Waals surface area (Å²) in [5.74, 6) is 4.20. The Labute approximate surface area is 120 Å². The smallest absolute Gasteiger partial charge is 0.0915 e. The van der Waals surface area contributed by atoms with Gasteiger partial charge in [0.25, 0.3) is 0 Å². The average molecular weight is 276 g/mol. The van der Waals surface area contributed by atoms with E-state index in [9.17, 15) is 5.11 Å². The monoisotopic (exact) mass is 276 g/mol. The maximum absolute atomic E-state index is 10.9. The number of aryl methyl sites for hydroxylation is 1. The van der Waals surface area contributed by atoms with Gasteiger partial charge in [0.2, 0.25) is 0 Å². The minimum atomic E-state index is -0.180. The van der Waals surface area contributed by atoms with Gasteiger partial charge in [-0.15, -0.1) is 11.3 Å². The van der Waals surface area contributed by atoms with Crippen LogP contribution in [-0.2, 0) is 6.42 Å². The topological polar surface area (TPSA) is 20.2 Å². The zero-order chi connectivity index (χ0) is 13.0. The molecule has 1 aromatic rings. The van der Waals surface area contributed by atoms with E-state index in [1.165, 1.54) is 41.9 Å². The van der Waals surface area contributed by atoms with E-state index in [1.54, 1.807) is 0 Å². The van der Waals surface area contributed by atoms with Crippen LogP contribution in [0, 0.1) is 29.6 Å². The van der Waals surface area contributed by atoms with Crippen LogP contribution in [0.25, 0.3) is 0 Å². The Kier molecular flexibility index (Phi) is 3.00. The summed E-state index contributed by atoms with van der Waals surface area (Å²) in [4.78, 5) is 2.65. The fraction of sp³-hybridized carbons (Fsp3) is 0.765. The molecule has 1 N–H and O–H groups in total. The summed E-state index contributed by atoms with van der Waals surface area (Å²) in [7, 11) is 0. The van der Waals surface area contributed by atoms with Gasteiger partial charge in [0.05, 0.1) is 6.10 Å². The van der Waals surface area contributed by atoms with Crippen molar-refractivity contribution in [1.29, 1.82) is 0 Å². The fourth-order valence-electron chi connectivity index (χ4n) is 5.42. The van der Waals surface area contributed by atoms with Crippen LogP contribution in [0.1, 0.15) is 54.9 Å². The molecule has 4 fully saturated rings. The van der Waals surface area contributed by atoms with E-state index in [0.29, 0.717) is 5.92 Å². The zero-order valence-electron chi connectivity index (χ0n) is 11.7. The Hall–Kier alpha value is -0.340. The number of aliphatic hydroxyl groups excluding tert-OH is 1. The van der Waals surface area contributed by atoms with Gasteiger partial charge in [0.1, 0.15) is 0 Å². The molecule has 0 amide bonds. The van der Waals surface area contributed by atoms with Gasteiger partial charge in [-0.2, -0.15) is 0 Å². The first kappa shape index (κ1) is 12.4. The molecule has 1 atom stereocenters. The predicted molar refractivity (Wildman–Crippen MR) is 79.2 cm³/mol. The second-order valence-corrected chi connectivity index (χ2v) is 8.31. The molecule has 1 unspecified atom stereocenters. The van der Waals surface area contributed by atoms with Gasteiger partial charge >= 0.3 is 0 Å². The van der Waals surface area contributed by atoms with E-state index < -0.39 is 0 Å². The summed E-state index contributed by atoms with van der Waals surface area (Å²) in [6.45, 7) is 2.20. The van der Waals surface area contributed by atoms with Gasteiger partial charge in [-0.25, -0.2) is 0 Å². The standard InChI is InChI=1S/C17H24OS/c1-2-14-3-4-15(19-14)17(18)16-12-6-10-5-11(8-12)9-13(16)7-10/h3-4,10-13,16-18H,2,5-9H2,1H3. The summed E-state index contributed by atoms with van der Waals surface area (Å²) in [5, 5.41) is 10.9. The molecule has 1 aromatic heterocycles. The second-order valence-electron chi connectivity index (χ2n) is 7.11. The van der Waals surface area contributed by atoms with Crippen molar-refractivity contribution in [3.63, 3.8) is 0 Å². The van der Waals surface area contributed by atoms with E-state index in [2.05, 4.69) is 19.1 Å². The molecule has 4 saturated carbocycles. The molecule has 104 valence electrons. The van der Waals surface area contributed by atoms with E-state index in [-0.39, 0.29) is 6.10 Å². The Morgan fingerprint density at radius 1 is 1.11 bits per heavy atom. The lowest BCUT2D eigenvalue weighted by atomic mass is 9.51. The minimum Gasteiger partial charge on any atom is -0.387 e. The molecule has 4 aliphatic carbocycles. The van der Waals surface area contributed by atoms with E-state index in [4.69, 9.17) is 0 Å². The Morgan fingerprint density at radius 3 is 2.26 bits per heavy atom. The Balaban J connectivity index is 1.58. The average Bonchev–Trinajstić information content (AvgIpc) is 2.86. The zero-order valence-corrected chi connectivity index (χ0v) is 12.5. The number of thiophene rings is 1. The summed E-state index contributed by atoms with van der Waals surface area (Å²) in [6, 6.07) is 4.39. The van der Waals surface area contributed by atoms with Crippen LogP contribution in [0.15, 0.2) is 12.1 Å². The van der Waals surface area contributed by atoms with Gasteiger partial charge in [0, 0.05) is 9.75 Å². The third kappa shape index (κ3) is 1.99. The summed E-state index contributed by atoms with van der Waals surface area (Å²) in [5.41, 5.74) is 0. The van der Waals surface area contributed by atoms with Gasteiger partial charge in [-0.05, 0) is 80.2 Å². The van der Waals surface area contributed by atoms with Crippen LogP contribution in [0.4, 0.5) is 0 Å². The first-order chi connectivity index (χ1) is 9.24. The Morgan fingerprint density at radius 2 is 1.74 bits per heavy atom. The molecule has 0 radical (unpaired) electrons. The van der Waals surface area contributed by atoms with Crippen molar-refractivity contribution in [2.45, 2.75) is 51.6 Å². The molecule has 0 saturated heterocycles. The third-order valence-corrected chi connectivity index (χ3v) is 7.29. The third-order valence-electron chi connectivity index (χ3n) is 5.99. The van der Waals surface area contributed by atoms with E-state index in [0.717, 1.165) is 30.1 Å². The molecule has 2 heteroatoms. The fourth-order valence-corrected chi connectivity index (χ4v) is 6.41. The molecule has 1 heterocycles. The normalized spacial score (nSPS) is 41.7. The maximum atomic E-state index is 10.9. The SMILES string of the molecule is CCc1ccc(C(O)C2C3CC4CC(C3)CC2C4)s1. The van der Waals surface area contributed by atoms with E-state index >= 15 is 0 Å². The number of aliphatic hydroxyl groups is 1. The van der Waals surface area contributed by atoms with Crippen LogP contribution in [0.5, 0.6) is 0 Å². The summed E-state index contributed by atoms with van der Waals surface area (Å²) >= 11 is 1.84. The van der Waals surface area contributed by atoms with Crippen molar-refractivity contribution in [3.8, 4) is 0 Å². The van der Waals surface area contributed by atoms with Gasteiger partial charge in [-0.1, -0.05) is 6.92 Å². The highest BCUT2D eigenvalue weighted by molar-refractivity contribution is 7.12. The molecule has 0 aromatic carbocycles. The number of hydrogen-bond donors (Lipinski definition) is 1. The van der Waals surface area contributed by atoms with E-state index in [1.807, 2.05) is 11.3 Å². The first-order valence-corrected chi connectivity index (χ1v) is 8.83. The predicted octanol–water partition coefficient (Wildman–Crippen LogP) is 4.42. The highest BCUT2D eigenvalue weighted by Gasteiger charge is 2.50. The highest BCUT2D eigenvalue weighted by atomic mass is 32.1. The van der Waals surface area contributed by atoms with Crippen LogP contribution in [-0.4, -0.2) is 5.11 Å². The quantitative estimate of drug-likeness (QED) is 0.866. The van der Waals surface area contributed by atoms with Crippen molar-refractivity contribution in [2.75, 3.05) is 0 Å². The number of hydrogen-bond acceptors (Lipinski definition) is 2. The summed E-state index contributed by atoms with van der Waals surface area (Å²) in [6.07, 6.45) is 8.02. The molecular weight excluding hydrogens is 252 g/mol. The molecule has 5 rings (SSSR count). The second kappa shape index (κ2) is 4.60. The molecular formula is C17H24OS. The van der Waals surface area contributed by atoms with Crippen LogP contribution < -0.4 is 0 Å². The van der Waals surface area contributed by atoms with Crippen molar-refractivity contribution < 1.29 is 5.11 Å². The van der Waals surface area contributed by atoms with Crippen LogP contribution in [0.2, 0.25) is 0 Å². The summed E-state index contributed by atoms with van der Waals surface area (Å²) < 4.78 is 0. The molecule has 0 aliphatic heterocycles. The lowest BCUT2D eigenvalue weighted by Gasteiger charge is -2.55. The van der Waals surface area contributed by atoms with Crippen LogP contribution >= 0.6 is 11.3 Å².